The summed E-state index contributed by atoms with van der Waals surface area (Å²) in [6, 6.07) is 3.80. The Morgan fingerprint density at radius 1 is 1.07 bits per heavy atom. The van der Waals surface area contributed by atoms with E-state index in [0.29, 0.717) is 11.8 Å². The number of pyridine rings is 1. The molecule has 4 nitrogen and oxygen atoms in total. The minimum atomic E-state index is -1.95. The Morgan fingerprint density at radius 3 is 2.13 bits per heavy atom. The molecule has 172 valence electrons. The molecular formula is C22H39BrClNO3Si2. The molecule has 1 aliphatic heterocycles. The van der Waals surface area contributed by atoms with Gasteiger partial charge >= 0.3 is 0 Å². The third-order valence-electron chi connectivity index (χ3n) is 7.06. The van der Waals surface area contributed by atoms with E-state index in [0.717, 1.165) is 16.6 Å². The van der Waals surface area contributed by atoms with Crippen LogP contribution in [0.15, 0.2) is 16.7 Å². The molecule has 0 bridgehead atoms. The van der Waals surface area contributed by atoms with Gasteiger partial charge in [0, 0.05) is 12.0 Å². The Labute approximate surface area is 198 Å². The summed E-state index contributed by atoms with van der Waals surface area (Å²) in [5, 5.41) is 0.762. The summed E-state index contributed by atoms with van der Waals surface area (Å²) in [5.74, 6) is 0. The molecule has 1 aromatic heterocycles. The van der Waals surface area contributed by atoms with Gasteiger partial charge in [-0.3, -0.25) is 0 Å². The fraction of sp³-hybridized carbons (Fsp3) is 0.773. The minimum absolute atomic E-state index is 0.00300. The molecule has 0 aliphatic carbocycles. The van der Waals surface area contributed by atoms with Crippen molar-refractivity contribution in [3.8, 4) is 0 Å². The van der Waals surface area contributed by atoms with E-state index in [2.05, 4.69) is 88.6 Å². The van der Waals surface area contributed by atoms with Gasteiger partial charge in [0.15, 0.2) is 16.6 Å². The first-order valence-corrected chi connectivity index (χ1v) is 17.7. The summed E-state index contributed by atoms with van der Waals surface area (Å²) in [7, 11) is -3.83. The molecule has 2 rings (SSSR count). The lowest BCUT2D eigenvalue weighted by molar-refractivity contribution is -0.0167. The van der Waals surface area contributed by atoms with E-state index in [1.165, 1.54) is 0 Å². The molecule has 0 radical (unpaired) electrons. The van der Waals surface area contributed by atoms with Crippen molar-refractivity contribution in [3.63, 3.8) is 0 Å². The highest BCUT2D eigenvalue weighted by molar-refractivity contribution is 9.10. The highest BCUT2D eigenvalue weighted by Crippen LogP contribution is 2.44. The summed E-state index contributed by atoms with van der Waals surface area (Å²) < 4.78 is 20.6. The normalized spacial score (nSPS) is 23.8. The number of rotatable bonds is 6. The monoisotopic (exact) mass is 535 g/mol. The van der Waals surface area contributed by atoms with Crippen molar-refractivity contribution in [2.24, 2.45) is 0 Å². The first kappa shape index (κ1) is 26.5. The van der Waals surface area contributed by atoms with Crippen molar-refractivity contribution in [3.05, 3.63) is 27.5 Å². The van der Waals surface area contributed by atoms with E-state index in [1.807, 2.05) is 12.1 Å². The highest BCUT2D eigenvalue weighted by Gasteiger charge is 2.46. The molecule has 3 atom stereocenters. The molecule has 1 fully saturated rings. The van der Waals surface area contributed by atoms with Crippen molar-refractivity contribution in [2.45, 2.75) is 103 Å². The summed E-state index contributed by atoms with van der Waals surface area (Å²) in [6.45, 7) is 23.3. The zero-order chi connectivity index (χ0) is 23.1. The first-order valence-electron chi connectivity index (χ1n) is 10.7. The summed E-state index contributed by atoms with van der Waals surface area (Å²) in [5.41, 5.74) is 1.01. The molecule has 1 saturated heterocycles. The van der Waals surface area contributed by atoms with Gasteiger partial charge in [0.2, 0.25) is 0 Å². The number of nitrogens with zero attached hydrogens (tertiary/aromatic N) is 1. The highest BCUT2D eigenvalue weighted by atomic mass is 79.9. The molecule has 1 aromatic rings. The van der Waals surface area contributed by atoms with Crippen LogP contribution in [0.3, 0.4) is 0 Å². The zero-order valence-corrected chi connectivity index (χ0v) is 24.6. The first-order chi connectivity index (χ1) is 13.4. The van der Waals surface area contributed by atoms with Crippen molar-refractivity contribution in [2.75, 3.05) is 6.61 Å². The largest absolute Gasteiger partial charge is 0.414 e. The summed E-state index contributed by atoms with van der Waals surface area (Å²) in [6.07, 6.45) is 0.607. The average Bonchev–Trinajstić information content (AvgIpc) is 2.92. The van der Waals surface area contributed by atoms with Gasteiger partial charge in [-0.1, -0.05) is 59.2 Å². The molecule has 2 heterocycles. The SMILES string of the molecule is CC(C)(C)[Si](C)(C)OC[C@H]1O[C@@H](c2ccc(Cl)nc2Br)C[C@@H]1O[Si](C)(C)C(C)(C)C. The van der Waals surface area contributed by atoms with Gasteiger partial charge in [0.25, 0.3) is 0 Å². The second kappa shape index (κ2) is 9.23. The van der Waals surface area contributed by atoms with Crippen molar-refractivity contribution in [1.82, 2.24) is 4.98 Å². The van der Waals surface area contributed by atoms with Crippen molar-refractivity contribution in [1.29, 1.82) is 0 Å². The second-order valence-electron chi connectivity index (χ2n) is 11.4. The van der Waals surface area contributed by atoms with Crippen molar-refractivity contribution < 1.29 is 13.6 Å². The van der Waals surface area contributed by atoms with E-state index in [9.17, 15) is 0 Å². The van der Waals surface area contributed by atoms with Crippen LogP contribution in [0.1, 0.15) is 59.6 Å². The van der Waals surface area contributed by atoms with Gasteiger partial charge in [0.1, 0.15) is 15.9 Å². The quantitative estimate of drug-likeness (QED) is 0.275. The maximum Gasteiger partial charge on any atom is 0.192 e. The Hall–Kier alpha value is 0.234. The molecular weight excluding hydrogens is 498 g/mol. The standard InChI is InChI=1S/C22H39BrClNO3Si2/c1-21(2,3)29(7,8)26-14-18-17(28-30(9,10)22(4,5)6)13-16(27-18)15-11-12-19(24)25-20(15)23/h11-12,16-18H,13-14H2,1-10H3/t16-,17+,18-/m1/s1. The molecule has 0 unspecified atom stereocenters. The second-order valence-corrected chi connectivity index (χ2v) is 22.1. The molecule has 0 aromatic carbocycles. The van der Waals surface area contributed by atoms with E-state index in [-0.39, 0.29) is 28.4 Å². The maximum absolute atomic E-state index is 6.83. The summed E-state index contributed by atoms with van der Waals surface area (Å²) >= 11 is 9.60. The van der Waals surface area contributed by atoms with Crippen LogP contribution in [-0.2, 0) is 13.6 Å². The average molecular weight is 537 g/mol. The lowest BCUT2D eigenvalue weighted by Gasteiger charge is -2.40. The van der Waals surface area contributed by atoms with Crippen LogP contribution in [0.5, 0.6) is 0 Å². The van der Waals surface area contributed by atoms with E-state index in [4.69, 9.17) is 25.2 Å². The van der Waals surface area contributed by atoms with Crippen LogP contribution in [0.25, 0.3) is 0 Å². The maximum atomic E-state index is 6.83. The zero-order valence-electron chi connectivity index (χ0n) is 20.2. The topological polar surface area (TPSA) is 40.6 Å². The molecule has 0 N–H and O–H groups in total. The predicted molar refractivity (Wildman–Crippen MR) is 134 cm³/mol. The van der Waals surface area contributed by atoms with E-state index in [1.54, 1.807) is 0 Å². The van der Waals surface area contributed by atoms with Gasteiger partial charge in [0.05, 0.1) is 18.8 Å². The fourth-order valence-electron chi connectivity index (χ4n) is 2.91. The number of halogens is 2. The fourth-order valence-corrected chi connectivity index (χ4v) is 6.11. The van der Waals surface area contributed by atoms with Gasteiger partial charge in [-0.25, -0.2) is 4.98 Å². The van der Waals surface area contributed by atoms with Crippen LogP contribution in [-0.4, -0.2) is 40.4 Å². The third-order valence-corrected chi connectivity index (χ3v) is 16.9. The number of hydrogen-bond acceptors (Lipinski definition) is 4. The van der Waals surface area contributed by atoms with Crippen LogP contribution in [0.2, 0.25) is 41.4 Å². The number of ether oxygens (including phenoxy) is 1. The van der Waals surface area contributed by atoms with Gasteiger partial charge in [-0.15, -0.1) is 0 Å². The Bertz CT molecular complexity index is 747. The Morgan fingerprint density at radius 2 is 1.63 bits per heavy atom. The molecule has 0 spiro atoms. The lowest BCUT2D eigenvalue weighted by Crippen LogP contribution is -2.48. The van der Waals surface area contributed by atoms with E-state index >= 15 is 0 Å². The predicted octanol–water partition coefficient (Wildman–Crippen LogP) is 7.74. The van der Waals surface area contributed by atoms with Crippen LogP contribution >= 0.6 is 27.5 Å². The molecule has 30 heavy (non-hydrogen) atoms. The molecule has 1 aliphatic rings. The van der Waals surface area contributed by atoms with Crippen LogP contribution in [0, 0.1) is 0 Å². The van der Waals surface area contributed by atoms with Crippen LogP contribution in [0.4, 0.5) is 0 Å². The number of aromatic nitrogens is 1. The Kier molecular flexibility index (Phi) is 8.15. The lowest BCUT2D eigenvalue weighted by atomic mass is 10.1. The van der Waals surface area contributed by atoms with Crippen molar-refractivity contribution >= 4 is 44.2 Å². The molecule has 8 heteroatoms. The van der Waals surface area contributed by atoms with Gasteiger partial charge in [-0.2, -0.15) is 0 Å². The van der Waals surface area contributed by atoms with Gasteiger partial charge < -0.3 is 13.6 Å². The van der Waals surface area contributed by atoms with Crippen LogP contribution < -0.4 is 0 Å². The number of hydrogen-bond donors (Lipinski definition) is 0. The smallest absolute Gasteiger partial charge is 0.192 e. The molecule has 0 amide bonds. The van der Waals surface area contributed by atoms with Gasteiger partial charge in [-0.05, 0) is 58.3 Å². The van der Waals surface area contributed by atoms with E-state index < -0.39 is 16.6 Å². The Balaban J connectivity index is 2.26. The molecule has 0 saturated carbocycles. The summed E-state index contributed by atoms with van der Waals surface area (Å²) in [4.78, 5) is 4.35. The minimum Gasteiger partial charge on any atom is -0.414 e. The third kappa shape index (κ3) is 6.17.